The summed E-state index contributed by atoms with van der Waals surface area (Å²) in [6, 6.07) is 11.2. The average Bonchev–Trinajstić information content (AvgIpc) is 2.72. The molecule has 0 aliphatic carbocycles. The van der Waals surface area contributed by atoms with Gasteiger partial charge in [0.2, 0.25) is 0 Å². The van der Waals surface area contributed by atoms with Gasteiger partial charge in [-0.25, -0.2) is 9.37 Å². The highest BCUT2D eigenvalue weighted by atomic mass is 19.1. The predicted octanol–water partition coefficient (Wildman–Crippen LogP) is 2.10. The number of nitrogens with one attached hydrogen (secondary N) is 1. The van der Waals surface area contributed by atoms with Crippen LogP contribution in [0.3, 0.4) is 0 Å². The summed E-state index contributed by atoms with van der Waals surface area (Å²) < 4.78 is 13.1. The van der Waals surface area contributed by atoms with Crippen LogP contribution in [0.4, 0.5) is 10.1 Å². The van der Waals surface area contributed by atoms with Crippen LogP contribution in [-0.4, -0.2) is 54.4 Å². The molecule has 1 fully saturated rings. The lowest BCUT2D eigenvalue weighted by molar-refractivity contribution is 0.0740. The van der Waals surface area contributed by atoms with Gasteiger partial charge in [0.15, 0.2) is 0 Å². The number of anilines is 1. The topological polar surface area (TPSA) is 65.5 Å². The number of halogens is 1. The van der Waals surface area contributed by atoms with E-state index in [1.165, 1.54) is 12.1 Å². The van der Waals surface area contributed by atoms with E-state index in [9.17, 15) is 14.0 Å². The van der Waals surface area contributed by atoms with Crippen LogP contribution in [0, 0.1) is 5.82 Å². The largest absolute Gasteiger partial charge is 0.368 e. The molecule has 1 N–H and O–H groups in total. The first-order chi connectivity index (χ1) is 13.1. The molecule has 1 aliphatic heterocycles. The summed E-state index contributed by atoms with van der Waals surface area (Å²) in [5, 5.41) is 2.64. The lowest BCUT2D eigenvalue weighted by atomic mass is 10.2. The first kappa shape index (κ1) is 18.6. The summed E-state index contributed by atoms with van der Waals surface area (Å²) in [7, 11) is 0. The maximum absolute atomic E-state index is 13.1. The molecule has 0 radical (unpaired) electrons. The van der Waals surface area contributed by atoms with Crippen LogP contribution in [0.5, 0.6) is 0 Å². The Morgan fingerprint density at radius 3 is 2.41 bits per heavy atom. The minimum Gasteiger partial charge on any atom is -0.368 e. The molecule has 3 rings (SSSR count). The summed E-state index contributed by atoms with van der Waals surface area (Å²) in [5.41, 5.74) is 1.38. The normalized spacial score (nSPS) is 14.0. The minimum absolute atomic E-state index is 0.202. The second kappa shape index (κ2) is 8.44. The van der Waals surface area contributed by atoms with Gasteiger partial charge >= 0.3 is 0 Å². The van der Waals surface area contributed by atoms with Gasteiger partial charge in [-0.1, -0.05) is 12.1 Å². The highest BCUT2D eigenvalue weighted by Crippen LogP contribution is 2.17. The van der Waals surface area contributed by atoms with Gasteiger partial charge in [0.05, 0.1) is 0 Å². The SMILES string of the molecule is C=CCNC(=O)c1cccc(C(=O)N2CCN(c3ccc(F)cc3)CC2)n1. The third kappa shape index (κ3) is 4.49. The summed E-state index contributed by atoms with van der Waals surface area (Å²) >= 11 is 0. The summed E-state index contributed by atoms with van der Waals surface area (Å²) in [4.78, 5) is 32.7. The Hall–Kier alpha value is -3.22. The van der Waals surface area contributed by atoms with Crippen molar-refractivity contribution >= 4 is 17.5 Å². The third-order valence-electron chi connectivity index (χ3n) is 4.37. The van der Waals surface area contributed by atoms with Crippen molar-refractivity contribution in [3.63, 3.8) is 0 Å². The molecule has 1 aromatic carbocycles. The number of aromatic nitrogens is 1. The molecule has 0 unspecified atom stereocenters. The summed E-state index contributed by atoms with van der Waals surface area (Å²) in [5.74, 6) is -0.812. The van der Waals surface area contributed by atoms with Crippen molar-refractivity contribution < 1.29 is 14.0 Å². The quantitative estimate of drug-likeness (QED) is 0.821. The Kier molecular flexibility index (Phi) is 5.80. The van der Waals surface area contributed by atoms with Gasteiger partial charge in [0.25, 0.3) is 11.8 Å². The zero-order chi connectivity index (χ0) is 19.2. The van der Waals surface area contributed by atoms with Crippen molar-refractivity contribution in [3.05, 3.63) is 72.3 Å². The van der Waals surface area contributed by atoms with E-state index in [0.717, 1.165) is 5.69 Å². The van der Waals surface area contributed by atoms with Crippen molar-refractivity contribution in [1.29, 1.82) is 0 Å². The van der Waals surface area contributed by atoms with Crippen LogP contribution in [0.2, 0.25) is 0 Å². The Balaban J connectivity index is 1.63. The van der Waals surface area contributed by atoms with E-state index in [1.54, 1.807) is 41.3 Å². The van der Waals surface area contributed by atoms with Crippen LogP contribution < -0.4 is 10.2 Å². The number of hydrogen-bond donors (Lipinski definition) is 1. The summed E-state index contributed by atoms with van der Waals surface area (Å²) in [6.45, 7) is 6.25. The van der Waals surface area contributed by atoms with Gasteiger partial charge in [-0.05, 0) is 36.4 Å². The molecule has 2 heterocycles. The average molecular weight is 368 g/mol. The molecular formula is C20H21FN4O2. The fourth-order valence-electron chi connectivity index (χ4n) is 2.92. The number of piperazine rings is 1. The molecular weight excluding hydrogens is 347 g/mol. The van der Waals surface area contributed by atoms with Crippen LogP contribution in [-0.2, 0) is 0 Å². The maximum Gasteiger partial charge on any atom is 0.272 e. The molecule has 1 aromatic heterocycles. The second-order valence-corrected chi connectivity index (χ2v) is 6.16. The molecule has 0 saturated carbocycles. The predicted molar refractivity (Wildman–Crippen MR) is 101 cm³/mol. The standard InChI is InChI=1S/C20H21FN4O2/c1-2-10-22-19(26)17-4-3-5-18(23-17)20(27)25-13-11-24(12-14-25)16-8-6-15(21)7-9-16/h2-9H,1,10-14H2,(H,22,26). The Labute approximate surface area is 157 Å². The van der Waals surface area contributed by atoms with Crippen molar-refractivity contribution in [2.24, 2.45) is 0 Å². The lowest BCUT2D eigenvalue weighted by Crippen LogP contribution is -2.49. The third-order valence-corrected chi connectivity index (χ3v) is 4.37. The van der Waals surface area contributed by atoms with Crippen molar-refractivity contribution in [2.75, 3.05) is 37.6 Å². The molecule has 6 nitrogen and oxygen atoms in total. The van der Waals surface area contributed by atoms with E-state index in [-0.39, 0.29) is 29.0 Å². The zero-order valence-electron chi connectivity index (χ0n) is 14.9. The van der Waals surface area contributed by atoms with Gasteiger partial charge in [-0.2, -0.15) is 0 Å². The molecule has 1 aliphatic rings. The van der Waals surface area contributed by atoms with E-state index in [2.05, 4.69) is 21.8 Å². The second-order valence-electron chi connectivity index (χ2n) is 6.16. The van der Waals surface area contributed by atoms with E-state index < -0.39 is 0 Å². The molecule has 0 atom stereocenters. The molecule has 0 spiro atoms. The zero-order valence-corrected chi connectivity index (χ0v) is 14.9. The Bertz CT molecular complexity index is 830. The number of hydrogen-bond acceptors (Lipinski definition) is 4. The highest BCUT2D eigenvalue weighted by Gasteiger charge is 2.23. The monoisotopic (exact) mass is 368 g/mol. The van der Waals surface area contributed by atoms with Gasteiger partial charge in [0.1, 0.15) is 17.2 Å². The minimum atomic E-state index is -0.342. The molecule has 2 amide bonds. The maximum atomic E-state index is 13.1. The fourth-order valence-corrected chi connectivity index (χ4v) is 2.92. The number of nitrogens with zero attached hydrogens (tertiary/aromatic N) is 3. The van der Waals surface area contributed by atoms with E-state index >= 15 is 0 Å². The smallest absolute Gasteiger partial charge is 0.272 e. The van der Waals surface area contributed by atoms with E-state index in [1.807, 2.05) is 0 Å². The van der Waals surface area contributed by atoms with Gasteiger partial charge in [-0.15, -0.1) is 6.58 Å². The number of benzene rings is 1. The molecule has 1 saturated heterocycles. The molecule has 0 bridgehead atoms. The van der Waals surface area contributed by atoms with E-state index in [0.29, 0.717) is 32.7 Å². The number of carbonyl (C=O) groups excluding carboxylic acids is 2. The molecule has 140 valence electrons. The van der Waals surface area contributed by atoms with Crippen molar-refractivity contribution in [1.82, 2.24) is 15.2 Å². The van der Waals surface area contributed by atoms with Gasteiger partial charge in [0, 0.05) is 38.4 Å². The van der Waals surface area contributed by atoms with Crippen molar-refractivity contribution in [3.8, 4) is 0 Å². The number of pyridine rings is 1. The highest BCUT2D eigenvalue weighted by molar-refractivity contribution is 5.96. The van der Waals surface area contributed by atoms with Crippen LogP contribution >= 0.6 is 0 Å². The van der Waals surface area contributed by atoms with Crippen LogP contribution in [0.25, 0.3) is 0 Å². The van der Waals surface area contributed by atoms with Crippen LogP contribution in [0.1, 0.15) is 21.0 Å². The lowest BCUT2D eigenvalue weighted by Gasteiger charge is -2.36. The van der Waals surface area contributed by atoms with Gasteiger partial charge < -0.3 is 15.1 Å². The van der Waals surface area contributed by atoms with Crippen LogP contribution in [0.15, 0.2) is 55.1 Å². The first-order valence-corrected chi connectivity index (χ1v) is 8.74. The number of rotatable bonds is 5. The van der Waals surface area contributed by atoms with E-state index in [4.69, 9.17) is 0 Å². The first-order valence-electron chi connectivity index (χ1n) is 8.74. The summed E-state index contributed by atoms with van der Waals surface area (Å²) in [6.07, 6.45) is 1.58. The molecule has 2 aromatic rings. The van der Waals surface area contributed by atoms with Gasteiger partial charge in [-0.3, -0.25) is 9.59 Å². The number of amides is 2. The number of carbonyl (C=O) groups is 2. The van der Waals surface area contributed by atoms with Crippen molar-refractivity contribution in [2.45, 2.75) is 0 Å². The fraction of sp³-hybridized carbons (Fsp3) is 0.250. The molecule has 7 heteroatoms. The molecule has 27 heavy (non-hydrogen) atoms. The Morgan fingerprint density at radius 1 is 1.07 bits per heavy atom. The Morgan fingerprint density at radius 2 is 1.74 bits per heavy atom.